The van der Waals surface area contributed by atoms with Gasteiger partial charge in [-0.2, -0.15) is 9.97 Å². The summed E-state index contributed by atoms with van der Waals surface area (Å²) in [6, 6.07) is 1.85. The largest absolute Gasteiger partial charge is 0.346 e. The van der Waals surface area contributed by atoms with Gasteiger partial charge in [0.15, 0.2) is 0 Å². The van der Waals surface area contributed by atoms with Gasteiger partial charge in [0.2, 0.25) is 5.28 Å². The first-order valence-corrected chi connectivity index (χ1v) is 6.58. The Morgan fingerprint density at radius 1 is 1.50 bits per heavy atom. The number of aldehydes is 1. The second-order valence-electron chi connectivity index (χ2n) is 4.30. The Balaban J connectivity index is 2.31. The number of aromatic amines is 1. The molecule has 0 aliphatic carbocycles. The molecule has 2 heterocycles. The molecule has 2 rings (SSSR count). The quantitative estimate of drug-likeness (QED) is 0.383. The molecule has 2 aromatic rings. The van der Waals surface area contributed by atoms with E-state index in [-0.39, 0.29) is 11.2 Å². The molecule has 1 atom stereocenters. The van der Waals surface area contributed by atoms with E-state index in [0.29, 0.717) is 17.0 Å². The van der Waals surface area contributed by atoms with Gasteiger partial charge in [0, 0.05) is 23.9 Å². The topological polar surface area (TPSA) is 70.7 Å². The van der Waals surface area contributed by atoms with Crippen LogP contribution >= 0.6 is 11.6 Å². The zero-order chi connectivity index (χ0) is 14.5. The van der Waals surface area contributed by atoms with E-state index in [1.165, 1.54) is 0 Å². The van der Waals surface area contributed by atoms with Gasteiger partial charge >= 0.3 is 0 Å². The van der Waals surface area contributed by atoms with E-state index in [1.54, 1.807) is 12.4 Å². The Morgan fingerprint density at radius 3 is 3.00 bits per heavy atom. The van der Waals surface area contributed by atoms with Gasteiger partial charge in [-0.1, -0.05) is 19.1 Å². The summed E-state index contributed by atoms with van der Waals surface area (Å²) in [6.45, 7) is 3.86. The minimum atomic E-state index is 0.0315. The molecule has 0 amide bonds. The average Bonchev–Trinajstić information content (AvgIpc) is 2.87. The molecule has 0 saturated heterocycles. The molecule has 5 nitrogen and oxygen atoms in total. The molecular weight excluding hydrogens is 276 g/mol. The molecule has 104 valence electrons. The van der Waals surface area contributed by atoms with Crippen LogP contribution in [0.2, 0.25) is 5.28 Å². The number of anilines is 1. The number of carbonyl (C=O) groups is 1. The molecule has 0 spiro atoms. The van der Waals surface area contributed by atoms with Crippen LogP contribution in [0.1, 0.15) is 13.8 Å². The summed E-state index contributed by atoms with van der Waals surface area (Å²) in [7, 11) is 0. The molecule has 0 radical (unpaired) electrons. The maximum atomic E-state index is 11.1. The molecule has 2 N–H and O–H groups in total. The number of halogens is 1. The van der Waals surface area contributed by atoms with Crippen molar-refractivity contribution in [1.82, 2.24) is 15.0 Å². The van der Waals surface area contributed by atoms with Gasteiger partial charge in [0.1, 0.15) is 17.8 Å². The van der Waals surface area contributed by atoms with Gasteiger partial charge in [0.05, 0.1) is 5.39 Å². The van der Waals surface area contributed by atoms with Crippen molar-refractivity contribution in [3.8, 4) is 0 Å². The lowest BCUT2D eigenvalue weighted by Crippen LogP contribution is -2.02. The highest BCUT2D eigenvalue weighted by Gasteiger charge is 2.08. The van der Waals surface area contributed by atoms with E-state index in [0.717, 1.165) is 11.7 Å². The smallest absolute Gasteiger partial charge is 0.226 e. The van der Waals surface area contributed by atoms with Crippen LogP contribution in [-0.4, -0.2) is 21.2 Å². The van der Waals surface area contributed by atoms with Crippen molar-refractivity contribution in [3.05, 3.63) is 41.5 Å². The monoisotopic (exact) mass is 290 g/mol. The maximum absolute atomic E-state index is 11.1. The molecule has 0 bridgehead atoms. The summed E-state index contributed by atoms with van der Waals surface area (Å²) in [4.78, 5) is 22.3. The number of hydrogen-bond acceptors (Lipinski definition) is 4. The zero-order valence-corrected chi connectivity index (χ0v) is 12.0. The van der Waals surface area contributed by atoms with Crippen LogP contribution in [0.15, 0.2) is 36.2 Å². The van der Waals surface area contributed by atoms with Crippen molar-refractivity contribution < 1.29 is 4.79 Å². The third kappa shape index (κ3) is 3.05. The van der Waals surface area contributed by atoms with Gasteiger partial charge in [-0.25, -0.2) is 0 Å². The number of allylic oxidation sites excluding steroid dienone is 3. The van der Waals surface area contributed by atoms with Crippen molar-refractivity contribution >= 4 is 34.7 Å². The second-order valence-corrected chi connectivity index (χ2v) is 4.64. The van der Waals surface area contributed by atoms with Gasteiger partial charge < -0.3 is 10.3 Å². The zero-order valence-electron chi connectivity index (χ0n) is 11.2. The van der Waals surface area contributed by atoms with Gasteiger partial charge in [-0.15, -0.1) is 0 Å². The highest BCUT2D eigenvalue weighted by molar-refractivity contribution is 6.28. The van der Waals surface area contributed by atoms with Gasteiger partial charge in [0.25, 0.3) is 0 Å². The highest BCUT2D eigenvalue weighted by Crippen LogP contribution is 2.21. The molecule has 0 aliphatic heterocycles. The summed E-state index contributed by atoms with van der Waals surface area (Å²) in [5.41, 5.74) is 1.27. The van der Waals surface area contributed by atoms with Crippen LogP contribution in [0.25, 0.3) is 11.0 Å². The number of hydrogen-bond donors (Lipinski definition) is 2. The fraction of sp³-hybridized carbons (Fsp3) is 0.214. The predicted octanol–water partition coefficient (Wildman–Crippen LogP) is 3.32. The van der Waals surface area contributed by atoms with Crippen molar-refractivity contribution in [1.29, 1.82) is 0 Å². The lowest BCUT2D eigenvalue weighted by atomic mass is 10.0. The number of nitrogens with one attached hydrogen (secondary N) is 2. The highest BCUT2D eigenvalue weighted by atomic mass is 35.5. The summed E-state index contributed by atoms with van der Waals surface area (Å²) in [5.74, 6) is 0.595. The van der Waals surface area contributed by atoms with E-state index in [9.17, 15) is 4.79 Å². The Labute approximate surface area is 121 Å². The number of carbonyl (C=O) groups excluding carboxylic acids is 1. The first-order chi connectivity index (χ1) is 9.65. The van der Waals surface area contributed by atoms with Crippen LogP contribution in [0.4, 0.5) is 5.82 Å². The molecule has 0 aromatic carbocycles. The lowest BCUT2D eigenvalue weighted by molar-refractivity contribution is -0.105. The Hall–Kier alpha value is -2.14. The first kappa shape index (κ1) is 14.3. The van der Waals surface area contributed by atoms with Crippen molar-refractivity contribution in [2.45, 2.75) is 13.8 Å². The SMILES string of the molecule is C/C=C\C(C)/C(C=O)=C/Nc1nc(Cl)nc2[nH]ccc12. The summed E-state index contributed by atoms with van der Waals surface area (Å²) in [6.07, 6.45) is 8.08. The second kappa shape index (κ2) is 6.34. The number of fused-ring (bicyclic) bond motifs is 1. The molecule has 1 unspecified atom stereocenters. The minimum absolute atomic E-state index is 0.0315. The number of H-pyrrole nitrogens is 1. The fourth-order valence-corrected chi connectivity index (χ4v) is 2.02. The molecule has 2 aromatic heterocycles. The van der Waals surface area contributed by atoms with Crippen LogP contribution < -0.4 is 5.32 Å². The third-order valence-corrected chi connectivity index (χ3v) is 3.08. The molecule has 20 heavy (non-hydrogen) atoms. The van der Waals surface area contributed by atoms with Crippen molar-refractivity contribution in [2.75, 3.05) is 5.32 Å². The number of rotatable bonds is 5. The average molecular weight is 291 g/mol. The van der Waals surface area contributed by atoms with Crippen LogP contribution in [0.5, 0.6) is 0 Å². The molecule has 0 fully saturated rings. The maximum Gasteiger partial charge on any atom is 0.226 e. The summed E-state index contributed by atoms with van der Waals surface area (Å²) in [5, 5.41) is 3.98. The Bertz CT molecular complexity index is 675. The van der Waals surface area contributed by atoms with E-state index in [4.69, 9.17) is 11.6 Å². The number of nitrogens with zero attached hydrogens (tertiary/aromatic N) is 2. The van der Waals surface area contributed by atoms with Crippen molar-refractivity contribution in [3.63, 3.8) is 0 Å². The van der Waals surface area contributed by atoms with Gasteiger partial charge in [-0.05, 0) is 24.6 Å². The standard InChI is InChI=1S/C14H15ClN4O/c1-3-4-9(2)10(8-20)7-17-13-11-5-6-16-12(11)18-14(15)19-13/h3-9H,1-2H3,(H2,16,17,18,19)/b4-3-,10-7+. The van der Waals surface area contributed by atoms with E-state index < -0.39 is 0 Å². The van der Waals surface area contributed by atoms with Crippen LogP contribution in [-0.2, 0) is 4.79 Å². The Kier molecular flexibility index (Phi) is 4.53. The van der Waals surface area contributed by atoms with E-state index in [1.807, 2.05) is 32.1 Å². The van der Waals surface area contributed by atoms with E-state index >= 15 is 0 Å². The van der Waals surface area contributed by atoms with Crippen LogP contribution in [0, 0.1) is 5.92 Å². The molecule has 0 aliphatic rings. The first-order valence-electron chi connectivity index (χ1n) is 6.21. The Morgan fingerprint density at radius 2 is 2.30 bits per heavy atom. The third-order valence-electron chi connectivity index (χ3n) is 2.91. The minimum Gasteiger partial charge on any atom is -0.346 e. The summed E-state index contributed by atoms with van der Waals surface area (Å²) < 4.78 is 0. The number of aromatic nitrogens is 3. The summed E-state index contributed by atoms with van der Waals surface area (Å²) >= 11 is 5.86. The van der Waals surface area contributed by atoms with Crippen molar-refractivity contribution in [2.24, 2.45) is 5.92 Å². The van der Waals surface area contributed by atoms with E-state index in [2.05, 4.69) is 20.3 Å². The fourth-order valence-electron chi connectivity index (χ4n) is 1.85. The molecule has 0 saturated carbocycles. The normalized spacial score (nSPS) is 13.8. The molecular formula is C14H15ClN4O. The molecule has 6 heteroatoms. The van der Waals surface area contributed by atoms with Crippen LogP contribution in [0.3, 0.4) is 0 Å². The lowest BCUT2D eigenvalue weighted by Gasteiger charge is -2.07. The predicted molar refractivity (Wildman–Crippen MR) is 80.6 cm³/mol. The van der Waals surface area contributed by atoms with Gasteiger partial charge in [-0.3, -0.25) is 4.79 Å².